The molecule has 0 aliphatic carbocycles. The zero-order chi connectivity index (χ0) is 19.5. The van der Waals surface area contributed by atoms with Gasteiger partial charge in [0, 0.05) is 54.9 Å². The summed E-state index contributed by atoms with van der Waals surface area (Å²) in [6, 6.07) is 7.68. The number of nitrogens with zero attached hydrogens (tertiary/aromatic N) is 6. The van der Waals surface area contributed by atoms with E-state index in [2.05, 4.69) is 21.4 Å². The summed E-state index contributed by atoms with van der Waals surface area (Å²) < 4.78 is 4.62. The first kappa shape index (κ1) is 19.3. The summed E-state index contributed by atoms with van der Waals surface area (Å²) in [7, 11) is 0. The van der Waals surface area contributed by atoms with Gasteiger partial charge in [-0.15, -0.1) is 17.9 Å². The van der Waals surface area contributed by atoms with Crippen molar-refractivity contribution in [2.45, 2.75) is 13.2 Å². The summed E-state index contributed by atoms with van der Waals surface area (Å²) in [5.74, 6) is 0.836. The van der Waals surface area contributed by atoms with E-state index in [1.165, 1.54) is 0 Å². The molecular formula is C19H21ClN6S2. The maximum absolute atomic E-state index is 6.03. The van der Waals surface area contributed by atoms with Gasteiger partial charge in [0.25, 0.3) is 0 Å². The van der Waals surface area contributed by atoms with Crippen LogP contribution >= 0.6 is 35.2 Å². The normalized spacial score (nSPS) is 15.1. The Bertz CT molecular complexity index is 985. The standard InChI is InChI=1S/C19H21ClN6S2/c1-2-8-25-17(15-3-5-16(20)6-4-15)22-26(19(25)27)14-23-9-11-24(12-10-23)18-21-7-13-28-18/h2-7,13H,1,8-12,14H2. The third kappa shape index (κ3) is 4.05. The molecule has 4 rings (SSSR count). The molecular weight excluding hydrogens is 412 g/mol. The Morgan fingerprint density at radius 3 is 2.57 bits per heavy atom. The monoisotopic (exact) mass is 432 g/mol. The number of allylic oxidation sites excluding steroid dienone is 1. The molecule has 0 amide bonds. The van der Waals surface area contributed by atoms with Gasteiger partial charge in [-0.05, 0) is 36.5 Å². The van der Waals surface area contributed by atoms with Crippen molar-refractivity contribution in [1.82, 2.24) is 24.2 Å². The quantitative estimate of drug-likeness (QED) is 0.432. The molecule has 0 saturated carbocycles. The minimum atomic E-state index is 0.620. The van der Waals surface area contributed by atoms with E-state index in [4.69, 9.17) is 28.9 Å². The van der Waals surface area contributed by atoms with Crippen LogP contribution in [0.5, 0.6) is 0 Å². The molecule has 3 heterocycles. The predicted octanol–water partition coefficient (Wildman–Crippen LogP) is 4.16. The maximum atomic E-state index is 6.03. The molecule has 1 fully saturated rings. The minimum absolute atomic E-state index is 0.620. The van der Waals surface area contributed by atoms with Crippen LogP contribution in [-0.4, -0.2) is 50.4 Å². The molecule has 146 valence electrons. The van der Waals surface area contributed by atoms with Crippen LogP contribution in [-0.2, 0) is 13.2 Å². The lowest BCUT2D eigenvalue weighted by Gasteiger charge is -2.34. The van der Waals surface area contributed by atoms with E-state index in [0.29, 0.717) is 23.0 Å². The molecule has 1 aliphatic heterocycles. The van der Waals surface area contributed by atoms with Crippen LogP contribution in [0, 0.1) is 4.77 Å². The topological polar surface area (TPSA) is 42.1 Å². The Morgan fingerprint density at radius 1 is 1.18 bits per heavy atom. The molecule has 1 aliphatic rings. The summed E-state index contributed by atoms with van der Waals surface area (Å²) in [6.07, 6.45) is 3.70. The third-order valence-corrected chi connectivity index (χ3v) is 6.25. The van der Waals surface area contributed by atoms with Gasteiger partial charge >= 0.3 is 0 Å². The van der Waals surface area contributed by atoms with E-state index >= 15 is 0 Å². The Morgan fingerprint density at radius 2 is 1.93 bits per heavy atom. The Balaban J connectivity index is 1.52. The molecule has 28 heavy (non-hydrogen) atoms. The summed E-state index contributed by atoms with van der Waals surface area (Å²) in [5.41, 5.74) is 0.990. The molecule has 0 radical (unpaired) electrons. The third-order valence-electron chi connectivity index (χ3n) is 4.73. The number of halogens is 1. The van der Waals surface area contributed by atoms with Crippen LogP contribution in [0.25, 0.3) is 11.4 Å². The molecule has 0 spiro atoms. The fourth-order valence-corrected chi connectivity index (χ4v) is 4.36. The first-order chi connectivity index (χ1) is 13.7. The number of piperazine rings is 1. The van der Waals surface area contributed by atoms with Gasteiger partial charge in [-0.2, -0.15) is 5.10 Å². The van der Waals surface area contributed by atoms with Crippen molar-refractivity contribution in [3.8, 4) is 11.4 Å². The lowest BCUT2D eigenvalue weighted by atomic mass is 10.2. The van der Waals surface area contributed by atoms with Crippen molar-refractivity contribution in [3.63, 3.8) is 0 Å². The number of thiazole rings is 1. The van der Waals surface area contributed by atoms with E-state index in [1.807, 2.05) is 51.2 Å². The van der Waals surface area contributed by atoms with Crippen molar-refractivity contribution < 1.29 is 0 Å². The number of benzene rings is 1. The molecule has 2 aromatic heterocycles. The van der Waals surface area contributed by atoms with Crippen LogP contribution in [0.3, 0.4) is 0 Å². The van der Waals surface area contributed by atoms with Crippen molar-refractivity contribution in [2.75, 3.05) is 31.1 Å². The highest BCUT2D eigenvalue weighted by atomic mass is 35.5. The van der Waals surface area contributed by atoms with E-state index in [9.17, 15) is 0 Å². The molecule has 1 saturated heterocycles. The second-order valence-corrected chi connectivity index (χ2v) is 8.25. The number of rotatable bonds is 6. The molecule has 1 aromatic carbocycles. The number of hydrogen-bond acceptors (Lipinski definition) is 6. The lowest BCUT2D eigenvalue weighted by Crippen LogP contribution is -2.46. The average molecular weight is 433 g/mol. The van der Waals surface area contributed by atoms with E-state index in [0.717, 1.165) is 42.7 Å². The van der Waals surface area contributed by atoms with Gasteiger partial charge in [-0.1, -0.05) is 17.7 Å². The molecule has 9 heteroatoms. The molecule has 0 unspecified atom stereocenters. The maximum Gasteiger partial charge on any atom is 0.199 e. The zero-order valence-electron chi connectivity index (χ0n) is 15.4. The van der Waals surface area contributed by atoms with E-state index in [-0.39, 0.29) is 0 Å². The first-order valence-corrected chi connectivity index (χ1v) is 10.7. The van der Waals surface area contributed by atoms with E-state index < -0.39 is 0 Å². The molecule has 3 aromatic rings. The predicted molar refractivity (Wildman–Crippen MR) is 118 cm³/mol. The highest BCUT2D eigenvalue weighted by Crippen LogP contribution is 2.22. The van der Waals surface area contributed by atoms with Gasteiger partial charge in [0.05, 0.1) is 6.67 Å². The largest absolute Gasteiger partial charge is 0.346 e. The van der Waals surface area contributed by atoms with Crippen molar-refractivity contribution in [3.05, 3.63) is 58.3 Å². The average Bonchev–Trinajstić information content (AvgIpc) is 3.34. The second-order valence-electron chi connectivity index (χ2n) is 6.57. The molecule has 0 atom stereocenters. The van der Waals surface area contributed by atoms with Crippen LogP contribution in [0.4, 0.5) is 5.13 Å². The van der Waals surface area contributed by atoms with Crippen molar-refractivity contribution >= 4 is 40.3 Å². The molecule has 0 N–H and O–H groups in total. The smallest absolute Gasteiger partial charge is 0.199 e. The Hall–Kier alpha value is -2.00. The van der Waals surface area contributed by atoms with Gasteiger partial charge in [-0.25, -0.2) is 9.67 Å². The number of hydrogen-bond donors (Lipinski definition) is 0. The zero-order valence-corrected chi connectivity index (χ0v) is 17.8. The number of anilines is 1. The van der Waals surface area contributed by atoms with E-state index in [1.54, 1.807) is 11.3 Å². The van der Waals surface area contributed by atoms with Crippen molar-refractivity contribution in [1.29, 1.82) is 0 Å². The van der Waals surface area contributed by atoms with Gasteiger partial charge in [0.15, 0.2) is 15.7 Å². The van der Waals surface area contributed by atoms with Crippen LogP contribution < -0.4 is 4.90 Å². The fraction of sp³-hybridized carbons (Fsp3) is 0.316. The second kappa shape index (κ2) is 8.57. The lowest BCUT2D eigenvalue weighted by molar-refractivity contribution is 0.194. The number of aromatic nitrogens is 4. The minimum Gasteiger partial charge on any atom is -0.346 e. The van der Waals surface area contributed by atoms with Gasteiger partial charge in [0.2, 0.25) is 0 Å². The summed E-state index contributed by atoms with van der Waals surface area (Å²) in [4.78, 5) is 9.11. The summed E-state index contributed by atoms with van der Waals surface area (Å²) >= 11 is 13.4. The van der Waals surface area contributed by atoms with Crippen LogP contribution in [0.1, 0.15) is 0 Å². The SMILES string of the molecule is C=CCn1c(-c2ccc(Cl)cc2)nn(CN2CCN(c3nccs3)CC2)c1=S. The van der Waals surface area contributed by atoms with Gasteiger partial charge in [-0.3, -0.25) is 9.47 Å². The first-order valence-electron chi connectivity index (χ1n) is 9.07. The van der Waals surface area contributed by atoms with Crippen LogP contribution in [0.15, 0.2) is 48.5 Å². The summed E-state index contributed by atoms with van der Waals surface area (Å²) in [6.45, 7) is 8.97. The van der Waals surface area contributed by atoms with Gasteiger partial charge in [0.1, 0.15) is 0 Å². The molecule has 6 nitrogen and oxygen atoms in total. The van der Waals surface area contributed by atoms with Gasteiger partial charge < -0.3 is 4.90 Å². The highest BCUT2D eigenvalue weighted by molar-refractivity contribution is 7.71. The Kier molecular flexibility index (Phi) is 5.91. The van der Waals surface area contributed by atoms with Crippen LogP contribution in [0.2, 0.25) is 5.02 Å². The fourth-order valence-electron chi connectivity index (χ4n) is 3.28. The Labute approximate surface area is 178 Å². The molecule has 0 bridgehead atoms. The summed E-state index contributed by atoms with van der Waals surface area (Å²) in [5, 5.41) is 8.63. The van der Waals surface area contributed by atoms with Crippen molar-refractivity contribution in [2.24, 2.45) is 0 Å². The highest BCUT2D eigenvalue weighted by Gasteiger charge is 2.20.